The molecule has 1 N–H and O–H groups in total. The summed E-state index contributed by atoms with van der Waals surface area (Å²) in [6.07, 6.45) is 3.13. The molecule has 1 aromatic carbocycles. The number of para-hydroxylation sites is 1. The lowest BCUT2D eigenvalue weighted by molar-refractivity contribution is 0.176. The molecule has 19 heavy (non-hydrogen) atoms. The largest absolute Gasteiger partial charge is 0.393 e. The Hall–Kier alpha value is -1.06. The lowest BCUT2D eigenvalue weighted by atomic mass is 10.1. The number of nitrogens with zero attached hydrogens (tertiary/aromatic N) is 2. The van der Waals surface area contributed by atoms with E-state index in [0.29, 0.717) is 0 Å². The van der Waals surface area contributed by atoms with Crippen LogP contribution in [0.4, 0.5) is 5.69 Å². The summed E-state index contributed by atoms with van der Waals surface area (Å²) in [6.45, 7) is 7.61. The summed E-state index contributed by atoms with van der Waals surface area (Å²) in [7, 11) is 0. The number of aliphatic hydroxyl groups excluding tert-OH is 1. The quantitative estimate of drug-likeness (QED) is 0.797. The summed E-state index contributed by atoms with van der Waals surface area (Å²) in [5.74, 6) is 0. The van der Waals surface area contributed by atoms with Crippen molar-refractivity contribution in [1.82, 2.24) is 4.90 Å². The number of anilines is 1. The Morgan fingerprint density at radius 1 is 1.05 bits per heavy atom. The second kappa shape index (κ2) is 7.51. The van der Waals surface area contributed by atoms with E-state index in [4.69, 9.17) is 0 Å². The van der Waals surface area contributed by atoms with Gasteiger partial charge < -0.3 is 10.0 Å². The summed E-state index contributed by atoms with van der Waals surface area (Å²) >= 11 is 0. The Kier molecular flexibility index (Phi) is 5.67. The molecule has 106 valence electrons. The van der Waals surface area contributed by atoms with Gasteiger partial charge in [-0.3, -0.25) is 4.90 Å². The maximum atomic E-state index is 9.23. The second-order valence-electron chi connectivity index (χ2n) is 5.51. The summed E-state index contributed by atoms with van der Waals surface area (Å²) in [5, 5.41) is 9.23. The van der Waals surface area contributed by atoms with Gasteiger partial charge in [0.2, 0.25) is 0 Å². The van der Waals surface area contributed by atoms with E-state index in [1.807, 2.05) is 6.92 Å². The lowest BCUT2D eigenvalue weighted by Crippen LogP contribution is -2.46. The van der Waals surface area contributed by atoms with E-state index in [9.17, 15) is 5.11 Å². The molecule has 1 aliphatic heterocycles. The number of rotatable bonds is 6. The van der Waals surface area contributed by atoms with Crippen LogP contribution in [0.15, 0.2) is 30.3 Å². The van der Waals surface area contributed by atoms with Crippen LogP contribution in [-0.4, -0.2) is 48.8 Å². The van der Waals surface area contributed by atoms with E-state index < -0.39 is 0 Å². The van der Waals surface area contributed by atoms with Gasteiger partial charge in [0.1, 0.15) is 0 Å². The van der Waals surface area contributed by atoms with Crippen LogP contribution in [0.3, 0.4) is 0 Å². The molecule has 3 heteroatoms. The molecule has 0 saturated carbocycles. The van der Waals surface area contributed by atoms with E-state index in [2.05, 4.69) is 40.1 Å². The highest BCUT2D eigenvalue weighted by Crippen LogP contribution is 2.15. The molecule has 0 aromatic heterocycles. The zero-order chi connectivity index (χ0) is 13.5. The molecular weight excluding hydrogens is 236 g/mol. The average Bonchev–Trinajstić information content (AvgIpc) is 2.45. The van der Waals surface area contributed by atoms with E-state index >= 15 is 0 Å². The summed E-state index contributed by atoms with van der Waals surface area (Å²) in [4.78, 5) is 5.01. The van der Waals surface area contributed by atoms with Crippen LogP contribution in [0.25, 0.3) is 0 Å². The van der Waals surface area contributed by atoms with Gasteiger partial charge in [0.05, 0.1) is 6.10 Å². The zero-order valence-corrected chi connectivity index (χ0v) is 12.0. The third-order valence-electron chi connectivity index (χ3n) is 3.84. The first-order chi connectivity index (χ1) is 9.25. The second-order valence-corrected chi connectivity index (χ2v) is 5.51. The maximum Gasteiger partial charge on any atom is 0.0512 e. The fraction of sp³-hybridized carbons (Fsp3) is 0.625. The predicted molar refractivity (Wildman–Crippen MR) is 80.6 cm³/mol. The minimum Gasteiger partial charge on any atom is -0.393 e. The summed E-state index contributed by atoms with van der Waals surface area (Å²) < 4.78 is 0. The van der Waals surface area contributed by atoms with Crippen LogP contribution in [0.5, 0.6) is 0 Å². The van der Waals surface area contributed by atoms with Crippen molar-refractivity contribution in [2.24, 2.45) is 0 Å². The lowest BCUT2D eigenvalue weighted by Gasteiger charge is -2.36. The molecule has 1 heterocycles. The zero-order valence-electron chi connectivity index (χ0n) is 12.0. The van der Waals surface area contributed by atoms with Gasteiger partial charge in [-0.05, 0) is 44.9 Å². The number of aliphatic hydroxyl groups is 1. The van der Waals surface area contributed by atoms with Crippen molar-refractivity contribution < 1.29 is 5.11 Å². The summed E-state index contributed by atoms with van der Waals surface area (Å²) in [5.41, 5.74) is 1.34. The highest BCUT2D eigenvalue weighted by Gasteiger charge is 2.16. The molecule has 1 atom stereocenters. The van der Waals surface area contributed by atoms with Crippen molar-refractivity contribution in [3.63, 3.8) is 0 Å². The normalized spacial score (nSPS) is 18.5. The predicted octanol–water partition coefficient (Wildman–Crippen LogP) is 2.36. The number of piperazine rings is 1. The Labute approximate surface area is 116 Å². The molecule has 3 nitrogen and oxygen atoms in total. The van der Waals surface area contributed by atoms with Gasteiger partial charge in [-0.1, -0.05) is 18.2 Å². The fourth-order valence-electron chi connectivity index (χ4n) is 2.64. The van der Waals surface area contributed by atoms with Crippen LogP contribution >= 0.6 is 0 Å². The Morgan fingerprint density at radius 2 is 1.74 bits per heavy atom. The van der Waals surface area contributed by atoms with Gasteiger partial charge in [0.15, 0.2) is 0 Å². The molecule has 2 rings (SSSR count). The first kappa shape index (κ1) is 14.4. The van der Waals surface area contributed by atoms with Crippen molar-refractivity contribution in [2.45, 2.75) is 32.3 Å². The number of hydrogen-bond acceptors (Lipinski definition) is 3. The van der Waals surface area contributed by atoms with E-state index in [1.54, 1.807) is 0 Å². The molecule has 0 aliphatic carbocycles. The van der Waals surface area contributed by atoms with Crippen LogP contribution < -0.4 is 4.90 Å². The molecule has 0 bridgehead atoms. The maximum absolute atomic E-state index is 9.23. The first-order valence-electron chi connectivity index (χ1n) is 7.46. The molecule has 1 fully saturated rings. The molecular formula is C16H26N2O. The highest BCUT2D eigenvalue weighted by atomic mass is 16.3. The third-order valence-corrected chi connectivity index (χ3v) is 3.84. The highest BCUT2D eigenvalue weighted by molar-refractivity contribution is 5.46. The van der Waals surface area contributed by atoms with Gasteiger partial charge in [-0.15, -0.1) is 0 Å². The van der Waals surface area contributed by atoms with Crippen LogP contribution in [-0.2, 0) is 0 Å². The number of benzene rings is 1. The van der Waals surface area contributed by atoms with E-state index in [0.717, 1.165) is 39.0 Å². The van der Waals surface area contributed by atoms with Crippen molar-refractivity contribution >= 4 is 5.69 Å². The van der Waals surface area contributed by atoms with Crippen LogP contribution in [0, 0.1) is 0 Å². The first-order valence-corrected chi connectivity index (χ1v) is 7.46. The van der Waals surface area contributed by atoms with Crippen molar-refractivity contribution in [3.8, 4) is 0 Å². The molecule has 1 aliphatic rings. The Morgan fingerprint density at radius 3 is 2.37 bits per heavy atom. The van der Waals surface area contributed by atoms with Gasteiger partial charge in [0, 0.05) is 31.9 Å². The van der Waals surface area contributed by atoms with E-state index in [1.165, 1.54) is 18.7 Å². The van der Waals surface area contributed by atoms with Crippen molar-refractivity contribution in [1.29, 1.82) is 0 Å². The van der Waals surface area contributed by atoms with Crippen molar-refractivity contribution in [2.75, 3.05) is 37.6 Å². The third kappa shape index (κ3) is 4.84. The topological polar surface area (TPSA) is 26.7 Å². The van der Waals surface area contributed by atoms with Crippen molar-refractivity contribution in [3.05, 3.63) is 30.3 Å². The molecule has 1 aromatic rings. The van der Waals surface area contributed by atoms with Gasteiger partial charge in [-0.25, -0.2) is 0 Å². The molecule has 0 spiro atoms. The van der Waals surface area contributed by atoms with Gasteiger partial charge in [0.25, 0.3) is 0 Å². The molecule has 1 unspecified atom stereocenters. The van der Waals surface area contributed by atoms with Gasteiger partial charge >= 0.3 is 0 Å². The average molecular weight is 262 g/mol. The summed E-state index contributed by atoms with van der Waals surface area (Å²) in [6, 6.07) is 10.7. The molecule has 0 amide bonds. The SMILES string of the molecule is CC(O)CCCCN1CCN(c2ccccc2)CC1. The van der Waals surface area contributed by atoms with E-state index in [-0.39, 0.29) is 6.10 Å². The minimum atomic E-state index is -0.144. The van der Waals surface area contributed by atoms with Gasteiger partial charge in [-0.2, -0.15) is 0 Å². The van der Waals surface area contributed by atoms with Crippen LogP contribution in [0.2, 0.25) is 0 Å². The Bertz CT molecular complexity index is 345. The Balaban J connectivity index is 1.65. The van der Waals surface area contributed by atoms with Crippen LogP contribution in [0.1, 0.15) is 26.2 Å². The number of hydrogen-bond donors (Lipinski definition) is 1. The standard InChI is InChI=1S/C16H26N2O/c1-15(19)7-5-6-10-17-11-13-18(14-12-17)16-8-3-2-4-9-16/h2-4,8-9,15,19H,5-7,10-14H2,1H3. The number of unbranched alkanes of at least 4 members (excludes halogenated alkanes) is 1. The minimum absolute atomic E-state index is 0.144. The monoisotopic (exact) mass is 262 g/mol. The smallest absolute Gasteiger partial charge is 0.0512 e. The molecule has 0 radical (unpaired) electrons. The fourth-order valence-corrected chi connectivity index (χ4v) is 2.64. The molecule has 1 saturated heterocycles.